The van der Waals surface area contributed by atoms with Gasteiger partial charge in [0.2, 0.25) is 0 Å². The molecule has 6 nitrogen and oxygen atoms in total. The van der Waals surface area contributed by atoms with Crippen LogP contribution in [0.4, 0.5) is 5.69 Å². The molecular weight excluding hydrogens is 244 g/mol. The second kappa shape index (κ2) is 5.21. The molecule has 0 aromatic carbocycles. The second-order valence-corrected chi connectivity index (χ2v) is 5.72. The first kappa shape index (κ1) is 13.9. The van der Waals surface area contributed by atoms with E-state index in [9.17, 15) is 9.90 Å². The lowest BCUT2D eigenvalue weighted by Crippen LogP contribution is -2.46. The van der Waals surface area contributed by atoms with Crippen LogP contribution in [0.15, 0.2) is 0 Å². The number of amides is 1. The third kappa shape index (κ3) is 3.07. The lowest BCUT2D eigenvalue weighted by Gasteiger charge is -2.35. The number of aliphatic hydroxyl groups is 1. The predicted octanol–water partition coefficient (Wildman–Crippen LogP) is 0.971. The Morgan fingerprint density at radius 2 is 2.42 bits per heavy atom. The molecule has 0 bridgehead atoms. The van der Waals surface area contributed by atoms with Gasteiger partial charge in [0.05, 0.1) is 17.0 Å². The summed E-state index contributed by atoms with van der Waals surface area (Å²) in [4.78, 5) is 12.0. The SMILES string of the molecule is Cc1[nH]nc(C(=O)NCC2(O)CCCC(C)C2)c1N. The van der Waals surface area contributed by atoms with Crippen LogP contribution in [0.1, 0.15) is 48.8 Å². The molecule has 1 aliphatic rings. The number of nitrogens with one attached hydrogen (secondary N) is 2. The van der Waals surface area contributed by atoms with Crippen molar-refractivity contribution in [3.8, 4) is 0 Å². The molecule has 0 saturated heterocycles. The number of nitrogens with zero attached hydrogens (tertiary/aromatic N) is 1. The summed E-state index contributed by atoms with van der Waals surface area (Å²) in [7, 11) is 0. The molecule has 2 unspecified atom stereocenters. The summed E-state index contributed by atoms with van der Waals surface area (Å²) in [6.45, 7) is 4.14. The smallest absolute Gasteiger partial charge is 0.274 e. The van der Waals surface area contributed by atoms with Crippen LogP contribution in [0.3, 0.4) is 0 Å². The van der Waals surface area contributed by atoms with Crippen LogP contribution < -0.4 is 11.1 Å². The Morgan fingerprint density at radius 1 is 1.68 bits per heavy atom. The van der Waals surface area contributed by atoms with Gasteiger partial charge in [-0.3, -0.25) is 9.89 Å². The average Bonchev–Trinajstić information content (AvgIpc) is 2.67. The number of aromatic amines is 1. The highest BCUT2D eigenvalue weighted by molar-refractivity contribution is 5.97. The number of aromatic nitrogens is 2. The number of H-pyrrole nitrogens is 1. The highest BCUT2D eigenvalue weighted by Gasteiger charge is 2.33. The largest absolute Gasteiger partial charge is 0.395 e. The summed E-state index contributed by atoms with van der Waals surface area (Å²) in [5.41, 5.74) is 6.19. The quantitative estimate of drug-likeness (QED) is 0.654. The molecular formula is C13H22N4O2. The molecule has 1 aromatic rings. The zero-order chi connectivity index (χ0) is 14.0. The van der Waals surface area contributed by atoms with E-state index in [2.05, 4.69) is 22.4 Å². The number of anilines is 1. The molecule has 1 aromatic heterocycles. The summed E-state index contributed by atoms with van der Waals surface area (Å²) in [6, 6.07) is 0. The van der Waals surface area contributed by atoms with E-state index in [1.54, 1.807) is 6.92 Å². The summed E-state index contributed by atoms with van der Waals surface area (Å²) in [5.74, 6) is 0.154. The van der Waals surface area contributed by atoms with Gasteiger partial charge in [0.15, 0.2) is 5.69 Å². The minimum atomic E-state index is -0.798. The Kier molecular flexibility index (Phi) is 3.80. The van der Waals surface area contributed by atoms with Crippen molar-refractivity contribution < 1.29 is 9.90 Å². The molecule has 1 aliphatic carbocycles. The molecule has 1 fully saturated rings. The van der Waals surface area contributed by atoms with E-state index in [4.69, 9.17) is 5.73 Å². The minimum absolute atomic E-state index is 0.199. The maximum atomic E-state index is 12.0. The van der Waals surface area contributed by atoms with Crippen LogP contribution in [0.5, 0.6) is 0 Å². The van der Waals surface area contributed by atoms with E-state index in [1.165, 1.54) is 0 Å². The maximum Gasteiger partial charge on any atom is 0.274 e. The van der Waals surface area contributed by atoms with Crippen molar-refractivity contribution in [2.24, 2.45) is 5.92 Å². The number of hydrogen-bond donors (Lipinski definition) is 4. The fourth-order valence-electron chi connectivity index (χ4n) is 2.73. The number of nitrogens with two attached hydrogens (primary N) is 1. The van der Waals surface area contributed by atoms with Crippen LogP contribution in [-0.4, -0.2) is 33.4 Å². The van der Waals surface area contributed by atoms with Gasteiger partial charge in [-0.1, -0.05) is 19.8 Å². The van der Waals surface area contributed by atoms with Gasteiger partial charge in [-0.25, -0.2) is 0 Å². The van der Waals surface area contributed by atoms with E-state index < -0.39 is 5.60 Å². The molecule has 0 spiro atoms. The van der Waals surface area contributed by atoms with E-state index in [0.29, 0.717) is 17.3 Å². The van der Waals surface area contributed by atoms with Gasteiger partial charge in [-0.2, -0.15) is 5.10 Å². The van der Waals surface area contributed by atoms with Crippen molar-refractivity contribution in [2.45, 2.75) is 45.1 Å². The van der Waals surface area contributed by atoms with E-state index in [-0.39, 0.29) is 18.1 Å². The van der Waals surface area contributed by atoms with Crippen LogP contribution in [0.25, 0.3) is 0 Å². The molecule has 1 amide bonds. The van der Waals surface area contributed by atoms with E-state index in [1.807, 2.05) is 0 Å². The highest BCUT2D eigenvalue weighted by atomic mass is 16.3. The first-order chi connectivity index (χ1) is 8.91. The summed E-state index contributed by atoms with van der Waals surface area (Å²) in [6.07, 6.45) is 3.59. The van der Waals surface area contributed by atoms with Crippen molar-refractivity contribution in [1.29, 1.82) is 0 Å². The molecule has 2 atom stereocenters. The maximum absolute atomic E-state index is 12.0. The Balaban J connectivity index is 1.95. The standard InChI is InChI=1S/C13H22N4O2/c1-8-4-3-5-13(19,6-8)7-15-12(18)11-10(14)9(2)16-17-11/h8,19H,3-7,14H2,1-2H3,(H,15,18)(H,16,17). The number of hydrogen-bond acceptors (Lipinski definition) is 4. The number of nitrogen functional groups attached to an aromatic ring is 1. The topological polar surface area (TPSA) is 104 Å². The van der Waals surface area contributed by atoms with Crippen LogP contribution in [-0.2, 0) is 0 Å². The van der Waals surface area contributed by atoms with Crippen molar-refractivity contribution in [2.75, 3.05) is 12.3 Å². The third-order valence-electron chi connectivity index (χ3n) is 3.86. The van der Waals surface area contributed by atoms with Crippen molar-refractivity contribution in [3.05, 3.63) is 11.4 Å². The van der Waals surface area contributed by atoms with Crippen LogP contribution in [0.2, 0.25) is 0 Å². The Morgan fingerprint density at radius 3 is 3.00 bits per heavy atom. The summed E-state index contributed by atoms with van der Waals surface area (Å²) >= 11 is 0. The van der Waals surface area contributed by atoms with Crippen LogP contribution in [0, 0.1) is 12.8 Å². The summed E-state index contributed by atoms with van der Waals surface area (Å²) in [5, 5.41) is 19.7. The number of carbonyl (C=O) groups excluding carboxylic acids is 1. The minimum Gasteiger partial charge on any atom is -0.395 e. The molecule has 0 radical (unpaired) electrons. The monoisotopic (exact) mass is 266 g/mol. The molecule has 1 heterocycles. The Hall–Kier alpha value is -1.56. The van der Waals surface area contributed by atoms with Gasteiger partial charge < -0.3 is 16.2 Å². The number of aryl methyl sites for hydroxylation is 1. The van der Waals surface area contributed by atoms with E-state index in [0.717, 1.165) is 25.7 Å². The average molecular weight is 266 g/mol. The van der Waals surface area contributed by atoms with E-state index >= 15 is 0 Å². The van der Waals surface area contributed by atoms with Crippen molar-refractivity contribution >= 4 is 11.6 Å². The van der Waals surface area contributed by atoms with Gasteiger partial charge in [0.1, 0.15) is 0 Å². The molecule has 19 heavy (non-hydrogen) atoms. The van der Waals surface area contributed by atoms with Crippen molar-refractivity contribution in [3.63, 3.8) is 0 Å². The molecule has 2 rings (SSSR count). The van der Waals surface area contributed by atoms with Crippen molar-refractivity contribution in [1.82, 2.24) is 15.5 Å². The zero-order valence-electron chi connectivity index (χ0n) is 11.5. The van der Waals surface area contributed by atoms with Gasteiger partial charge in [-0.05, 0) is 25.7 Å². The Labute approximate surface area is 112 Å². The predicted molar refractivity (Wildman–Crippen MR) is 72.7 cm³/mol. The lowest BCUT2D eigenvalue weighted by molar-refractivity contribution is -0.0109. The van der Waals surface area contributed by atoms with Gasteiger partial charge in [-0.15, -0.1) is 0 Å². The fourth-order valence-corrected chi connectivity index (χ4v) is 2.73. The van der Waals surface area contributed by atoms with Gasteiger partial charge >= 0.3 is 0 Å². The highest BCUT2D eigenvalue weighted by Crippen LogP contribution is 2.31. The Bertz CT molecular complexity index is 471. The second-order valence-electron chi connectivity index (χ2n) is 5.72. The lowest BCUT2D eigenvalue weighted by atomic mass is 9.79. The molecule has 106 valence electrons. The molecule has 0 aliphatic heterocycles. The number of rotatable bonds is 3. The zero-order valence-corrected chi connectivity index (χ0v) is 11.5. The first-order valence-electron chi connectivity index (χ1n) is 6.72. The normalized spacial score (nSPS) is 27.2. The third-order valence-corrected chi connectivity index (χ3v) is 3.86. The molecule has 5 N–H and O–H groups in total. The fraction of sp³-hybridized carbons (Fsp3) is 0.692. The first-order valence-corrected chi connectivity index (χ1v) is 6.72. The summed E-state index contributed by atoms with van der Waals surface area (Å²) < 4.78 is 0. The molecule has 1 saturated carbocycles. The van der Waals surface area contributed by atoms with Gasteiger partial charge in [0, 0.05) is 6.54 Å². The van der Waals surface area contributed by atoms with Gasteiger partial charge in [0.25, 0.3) is 5.91 Å². The molecule has 6 heteroatoms. The number of carbonyl (C=O) groups is 1. The van der Waals surface area contributed by atoms with Crippen LogP contribution >= 0.6 is 0 Å².